The maximum Gasteiger partial charge on any atom is 0.338 e. The molecule has 1 unspecified atom stereocenters. The Morgan fingerprint density at radius 2 is 2.06 bits per heavy atom. The van der Waals surface area contributed by atoms with Crippen molar-refractivity contribution in [1.29, 1.82) is 0 Å². The number of alkyl halides is 1. The molecule has 0 N–H and O–H groups in total. The molecule has 0 aliphatic heterocycles. The average Bonchev–Trinajstić information content (AvgIpc) is 2.37. The second kappa shape index (κ2) is 6.54. The van der Waals surface area contributed by atoms with Gasteiger partial charge >= 0.3 is 5.97 Å². The van der Waals surface area contributed by atoms with Gasteiger partial charge in [0.2, 0.25) is 0 Å². The lowest BCUT2D eigenvalue weighted by Gasteiger charge is -2.13. The Hall–Kier alpha value is -1.36. The van der Waals surface area contributed by atoms with Crippen LogP contribution in [-0.4, -0.2) is 30.3 Å². The van der Waals surface area contributed by atoms with E-state index in [1.807, 2.05) is 0 Å². The summed E-state index contributed by atoms with van der Waals surface area (Å²) in [5.74, 6) is -0.361. The van der Waals surface area contributed by atoms with E-state index in [0.717, 1.165) is 0 Å². The third-order valence-corrected chi connectivity index (χ3v) is 2.77. The Kier molecular flexibility index (Phi) is 5.34. The van der Waals surface area contributed by atoms with E-state index in [0.29, 0.717) is 5.75 Å². The van der Waals surface area contributed by atoms with Gasteiger partial charge in [-0.3, -0.25) is 4.79 Å². The molecule has 1 atom stereocenters. The van der Waals surface area contributed by atoms with Gasteiger partial charge in [0.1, 0.15) is 5.75 Å². The van der Waals surface area contributed by atoms with Crippen LogP contribution in [0.3, 0.4) is 0 Å². The number of halogens is 1. The second-order valence-electron chi connectivity index (χ2n) is 3.58. The molecule has 18 heavy (non-hydrogen) atoms. The minimum atomic E-state index is -0.520. The molecule has 1 aromatic rings. The molecule has 0 aromatic heterocycles. The molecule has 0 spiro atoms. The van der Waals surface area contributed by atoms with Crippen molar-refractivity contribution in [2.45, 2.75) is 18.7 Å². The summed E-state index contributed by atoms with van der Waals surface area (Å²) in [5.41, 5.74) is 0.482. The number of hydrogen-bond donors (Lipinski definition) is 0. The largest absolute Gasteiger partial charge is 0.496 e. The number of Topliss-reactive ketones (excluding diaryl/α,β-unsaturated/α-hetero) is 1. The van der Waals surface area contributed by atoms with E-state index >= 15 is 0 Å². The summed E-state index contributed by atoms with van der Waals surface area (Å²) in [7, 11) is 1.46. The number of ketones is 1. The molecule has 98 valence electrons. The van der Waals surface area contributed by atoms with Crippen LogP contribution in [-0.2, 0) is 4.74 Å². The highest BCUT2D eigenvalue weighted by molar-refractivity contribution is 9.10. The van der Waals surface area contributed by atoms with Crippen molar-refractivity contribution in [3.8, 4) is 5.75 Å². The SMILES string of the molecule is CCOC(=O)c1cccc(OC)c1C(=O)C(C)Br. The molecule has 0 radical (unpaired) electrons. The lowest BCUT2D eigenvalue weighted by Crippen LogP contribution is -2.18. The van der Waals surface area contributed by atoms with Crippen molar-refractivity contribution in [3.05, 3.63) is 29.3 Å². The van der Waals surface area contributed by atoms with Crippen LogP contribution in [0.25, 0.3) is 0 Å². The number of carbonyl (C=O) groups is 2. The molecule has 0 bridgehead atoms. The summed E-state index contributed by atoms with van der Waals surface area (Å²) in [6.07, 6.45) is 0. The molecule has 1 rings (SSSR count). The van der Waals surface area contributed by atoms with Gasteiger partial charge in [0.05, 0.1) is 29.7 Å². The van der Waals surface area contributed by atoms with Crippen LogP contribution >= 0.6 is 15.9 Å². The Labute approximate surface area is 114 Å². The van der Waals surface area contributed by atoms with E-state index in [1.54, 1.807) is 32.0 Å². The zero-order chi connectivity index (χ0) is 13.7. The normalized spacial score (nSPS) is 11.8. The number of benzene rings is 1. The molecule has 5 heteroatoms. The van der Waals surface area contributed by atoms with Gasteiger partial charge in [0.25, 0.3) is 0 Å². The van der Waals surface area contributed by atoms with Crippen LogP contribution in [0.4, 0.5) is 0 Å². The maximum atomic E-state index is 12.1. The van der Waals surface area contributed by atoms with Crippen LogP contribution < -0.4 is 4.74 Å². The van der Waals surface area contributed by atoms with Gasteiger partial charge in [-0.05, 0) is 26.0 Å². The van der Waals surface area contributed by atoms with Gasteiger partial charge < -0.3 is 9.47 Å². The molecule has 1 aromatic carbocycles. The fraction of sp³-hybridized carbons (Fsp3) is 0.385. The Morgan fingerprint density at radius 1 is 1.39 bits per heavy atom. The number of methoxy groups -OCH3 is 1. The van der Waals surface area contributed by atoms with Crippen molar-refractivity contribution in [3.63, 3.8) is 0 Å². The van der Waals surface area contributed by atoms with Crippen LogP contribution in [0.15, 0.2) is 18.2 Å². The molecular weight excluding hydrogens is 300 g/mol. The van der Waals surface area contributed by atoms with E-state index in [-0.39, 0.29) is 23.5 Å². The quantitative estimate of drug-likeness (QED) is 0.476. The number of carbonyl (C=O) groups excluding carboxylic acids is 2. The zero-order valence-corrected chi connectivity index (χ0v) is 12.1. The first-order chi connectivity index (χ1) is 8.52. The first kappa shape index (κ1) is 14.7. The van der Waals surface area contributed by atoms with Crippen molar-refractivity contribution < 1.29 is 19.1 Å². The zero-order valence-electron chi connectivity index (χ0n) is 10.5. The minimum absolute atomic E-state index is 0.212. The van der Waals surface area contributed by atoms with E-state index < -0.39 is 10.8 Å². The summed E-state index contributed by atoms with van der Waals surface area (Å²) in [6.45, 7) is 3.67. The lowest BCUT2D eigenvalue weighted by atomic mass is 10.0. The van der Waals surface area contributed by atoms with Crippen molar-refractivity contribution in [1.82, 2.24) is 0 Å². The number of rotatable bonds is 5. The Bertz CT molecular complexity index is 454. The summed E-state index contributed by atoms with van der Waals surface area (Å²) < 4.78 is 10.1. The highest BCUT2D eigenvalue weighted by atomic mass is 79.9. The maximum absolute atomic E-state index is 12.1. The van der Waals surface area contributed by atoms with Gasteiger partial charge in [0, 0.05) is 0 Å². The van der Waals surface area contributed by atoms with Gasteiger partial charge in [-0.2, -0.15) is 0 Å². The molecule has 0 saturated carbocycles. The molecule has 0 heterocycles. The molecule has 0 saturated heterocycles. The Balaban J connectivity index is 3.33. The standard InChI is InChI=1S/C13H15BrO4/c1-4-18-13(16)9-6-5-7-10(17-3)11(9)12(15)8(2)14/h5-8H,4H2,1-3H3. The Morgan fingerprint density at radius 3 is 2.56 bits per heavy atom. The number of esters is 1. The smallest absolute Gasteiger partial charge is 0.338 e. The van der Waals surface area contributed by atoms with Crippen LogP contribution in [0, 0.1) is 0 Å². The van der Waals surface area contributed by atoms with Gasteiger partial charge in [-0.15, -0.1) is 0 Å². The first-order valence-electron chi connectivity index (χ1n) is 5.55. The molecule has 0 amide bonds. The van der Waals surface area contributed by atoms with Gasteiger partial charge in [-0.25, -0.2) is 4.79 Å². The van der Waals surface area contributed by atoms with E-state index in [2.05, 4.69) is 15.9 Å². The molecular formula is C13H15BrO4. The molecule has 4 nitrogen and oxygen atoms in total. The monoisotopic (exact) mass is 314 g/mol. The highest BCUT2D eigenvalue weighted by Gasteiger charge is 2.24. The number of ether oxygens (including phenoxy) is 2. The van der Waals surface area contributed by atoms with E-state index in [9.17, 15) is 9.59 Å². The second-order valence-corrected chi connectivity index (χ2v) is 4.96. The lowest BCUT2D eigenvalue weighted by molar-refractivity contribution is 0.0522. The highest BCUT2D eigenvalue weighted by Crippen LogP contribution is 2.26. The third kappa shape index (κ3) is 3.10. The third-order valence-electron chi connectivity index (χ3n) is 2.35. The summed E-state index contributed by atoms with van der Waals surface area (Å²) in [4.78, 5) is 23.5. The molecule has 0 fully saturated rings. The van der Waals surface area contributed by atoms with Gasteiger partial charge in [0.15, 0.2) is 5.78 Å². The fourth-order valence-corrected chi connectivity index (χ4v) is 1.76. The van der Waals surface area contributed by atoms with Crippen molar-refractivity contribution in [2.24, 2.45) is 0 Å². The van der Waals surface area contributed by atoms with Crippen LogP contribution in [0.2, 0.25) is 0 Å². The molecule has 0 aliphatic carbocycles. The van der Waals surface area contributed by atoms with E-state index in [4.69, 9.17) is 9.47 Å². The van der Waals surface area contributed by atoms with Crippen molar-refractivity contribution in [2.75, 3.05) is 13.7 Å². The predicted octanol–water partition coefficient (Wildman–Crippen LogP) is 2.84. The number of hydrogen-bond acceptors (Lipinski definition) is 4. The van der Waals surface area contributed by atoms with Gasteiger partial charge in [-0.1, -0.05) is 22.0 Å². The average molecular weight is 315 g/mol. The summed E-state index contributed by atoms with van der Waals surface area (Å²) in [5, 5.41) is 0. The summed E-state index contributed by atoms with van der Waals surface area (Å²) in [6, 6.07) is 4.86. The summed E-state index contributed by atoms with van der Waals surface area (Å²) >= 11 is 3.20. The van der Waals surface area contributed by atoms with E-state index in [1.165, 1.54) is 7.11 Å². The van der Waals surface area contributed by atoms with Crippen LogP contribution in [0.5, 0.6) is 5.75 Å². The topological polar surface area (TPSA) is 52.6 Å². The minimum Gasteiger partial charge on any atom is -0.496 e. The first-order valence-corrected chi connectivity index (χ1v) is 6.46. The predicted molar refractivity (Wildman–Crippen MR) is 71.7 cm³/mol. The van der Waals surface area contributed by atoms with Crippen LogP contribution in [0.1, 0.15) is 34.6 Å². The van der Waals surface area contributed by atoms with Crippen molar-refractivity contribution >= 4 is 27.7 Å². The fourth-order valence-electron chi connectivity index (χ4n) is 1.53. The molecule has 0 aliphatic rings.